The van der Waals surface area contributed by atoms with Gasteiger partial charge in [0.05, 0.1) is 17.2 Å². The minimum atomic E-state index is -0.685. The number of rotatable bonds is 7. The van der Waals surface area contributed by atoms with E-state index < -0.39 is 6.10 Å². The second-order valence-electron chi connectivity index (χ2n) is 7.13. The van der Waals surface area contributed by atoms with Crippen LogP contribution in [-0.4, -0.2) is 40.3 Å². The molecule has 2 amide bonds. The van der Waals surface area contributed by atoms with E-state index in [1.807, 2.05) is 0 Å². The first-order valence-electron chi connectivity index (χ1n) is 9.41. The Morgan fingerprint density at radius 3 is 2.35 bits per heavy atom. The lowest BCUT2D eigenvalue weighted by molar-refractivity contribution is -0.119. The maximum Gasteiger partial charge on any atom is 0.261 e. The average molecular weight is 355 g/mol. The third-order valence-electron chi connectivity index (χ3n) is 5.26. The lowest BCUT2D eigenvalue weighted by atomic mass is 9.86. The van der Waals surface area contributed by atoms with Gasteiger partial charge in [-0.15, -0.1) is 0 Å². The van der Waals surface area contributed by atoms with Gasteiger partial charge in [0, 0.05) is 12.5 Å². The second-order valence-corrected chi connectivity index (χ2v) is 7.13. The van der Waals surface area contributed by atoms with Crippen molar-refractivity contribution in [2.75, 3.05) is 6.54 Å². The van der Waals surface area contributed by atoms with Gasteiger partial charge < -0.3 is 5.11 Å². The number of aliphatic hydroxyl groups excluding tert-OH is 1. The predicted octanol–water partition coefficient (Wildman–Crippen LogP) is 3.13. The number of fused-ring (bicyclic) bond motifs is 1. The van der Waals surface area contributed by atoms with E-state index in [2.05, 4.69) is 0 Å². The maximum atomic E-state index is 12.3. The molecule has 1 N–H and O–H groups in total. The van der Waals surface area contributed by atoms with Gasteiger partial charge in [-0.2, -0.15) is 0 Å². The summed E-state index contributed by atoms with van der Waals surface area (Å²) in [5, 5.41) is 10.1. The summed E-state index contributed by atoms with van der Waals surface area (Å²) < 4.78 is 0. The Kier molecular flexibility index (Phi) is 5.99. The molecule has 1 aliphatic heterocycles. The van der Waals surface area contributed by atoms with Crippen LogP contribution in [0.15, 0.2) is 36.4 Å². The summed E-state index contributed by atoms with van der Waals surface area (Å²) in [7, 11) is 0. The first-order chi connectivity index (χ1) is 12.6. The summed E-state index contributed by atoms with van der Waals surface area (Å²) in [6, 6.07) is 6.75. The zero-order valence-corrected chi connectivity index (χ0v) is 14.9. The number of aliphatic hydroxyl groups is 1. The smallest absolute Gasteiger partial charge is 0.261 e. The van der Waals surface area contributed by atoms with E-state index >= 15 is 0 Å². The molecule has 1 atom stereocenters. The normalized spacial score (nSPS) is 19.2. The SMILES string of the molecule is O=C(/C=C/C[C@H](O)CCN1C(=O)c2ccccc2C1=O)C1CCCCC1. The molecule has 0 spiro atoms. The largest absolute Gasteiger partial charge is 0.393 e. The molecule has 1 aromatic carbocycles. The van der Waals surface area contributed by atoms with E-state index in [4.69, 9.17) is 0 Å². The van der Waals surface area contributed by atoms with Gasteiger partial charge in [0.25, 0.3) is 11.8 Å². The van der Waals surface area contributed by atoms with Crippen LogP contribution in [0.4, 0.5) is 0 Å². The molecule has 138 valence electrons. The highest BCUT2D eigenvalue weighted by Gasteiger charge is 2.34. The number of amides is 2. The van der Waals surface area contributed by atoms with Crippen LogP contribution in [0.1, 0.15) is 65.7 Å². The van der Waals surface area contributed by atoms with Crippen LogP contribution < -0.4 is 0 Å². The fourth-order valence-corrected chi connectivity index (χ4v) is 3.70. The fourth-order valence-electron chi connectivity index (χ4n) is 3.70. The zero-order valence-electron chi connectivity index (χ0n) is 14.9. The highest BCUT2D eigenvalue weighted by molar-refractivity contribution is 6.21. The van der Waals surface area contributed by atoms with Crippen LogP contribution in [-0.2, 0) is 4.79 Å². The Morgan fingerprint density at radius 1 is 1.12 bits per heavy atom. The lowest BCUT2D eigenvalue weighted by Gasteiger charge is -2.18. The highest BCUT2D eigenvalue weighted by atomic mass is 16.3. The van der Waals surface area contributed by atoms with Crippen LogP contribution in [0.5, 0.6) is 0 Å². The Hall–Kier alpha value is -2.27. The monoisotopic (exact) mass is 355 g/mol. The van der Waals surface area contributed by atoms with E-state index in [-0.39, 0.29) is 30.1 Å². The molecule has 3 rings (SSSR count). The first kappa shape index (κ1) is 18.5. The molecule has 5 heteroatoms. The number of allylic oxidation sites excluding steroid dienone is 1. The standard InChI is InChI=1S/C21H25NO4/c23-16(9-6-12-19(24)15-7-2-1-3-8-15)13-14-22-20(25)17-10-4-5-11-18(17)21(22)26/h4-6,10-12,15-16,23H,1-3,7-9,13-14H2/b12-6+/t16-/m0/s1. The summed E-state index contributed by atoms with van der Waals surface area (Å²) in [6.07, 6.45) is 8.64. The van der Waals surface area contributed by atoms with Crippen LogP contribution in [0, 0.1) is 5.92 Å². The Labute approximate surface area is 153 Å². The molecular formula is C21H25NO4. The van der Waals surface area contributed by atoms with Gasteiger partial charge in [0.2, 0.25) is 0 Å². The summed E-state index contributed by atoms with van der Waals surface area (Å²) in [5.74, 6) is -0.325. The summed E-state index contributed by atoms with van der Waals surface area (Å²) in [5.41, 5.74) is 0.843. The van der Waals surface area contributed by atoms with E-state index in [1.54, 1.807) is 36.4 Å². The molecule has 1 aliphatic carbocycles. The van der Waals surface area contributed by atoms with E-state index in [1.165, 1.54) is 11.3 Å². The van der Waals surface area contributed by atoms with Crippen LogP contribution in [0.2, 0.25) is 0 Å². The Balaban J connectivity index is 1.45. The lowest BCUT2D eigenvalue weighted by Crippen LogP contribution is -2.32. The Bertz CT molecular complexity index is 683. The topological polar surface area (TPSA) is 74.7 Å². The number of imide groups is 1. The molecule has 1 heterocycles. The van der Waals surface area contributed by atoms with Gasteiger partial charge in [-0.3, -0.25) is 19.3 Å². The van der Waals surface area contributed by atoms with Crippen molar-refractivity contribution in [1.29, 1.82) is 0 Å². The highest BCUT2D eigenvalue weighted by Crippen LogP contribution is 2.25. The van der Waals surface area contributed by atoms with Gasteiger partial charge in [0.15, 0.2) is 5.78 Å². The summed E-state index contributed by atoms with van der Waals surface area (Å²) >= 11 is 0. The van der Waals surface area contributed by atoms with Crippen molar-refractivity contribution >= 4 is 17.6 Å². The number of carbonyl (C=O) groups is 3. The van der Waals surface area contributed by atoms with E-state index in [0.29, 0.717) is 24.0 Å². The predicted molar refractivity (Wildman–Crippen MR) is 97.8 cm³/mol. The molecule has 1 fully saturated rings. The molecule has 0 saturated heterocycles. The number of benzene rings is 1. The van der Waals surface area contributed by atoms with Crippen molar-refractivity contribution in [3.05, 3.63) is 47.5 Å². The van der Waals surface area contributed by atoms with Crippen molar-refractivity contribution in [2.24, 2.45) is 5.92 Å². The van der Waals surface area contributed by atoms with Gasteiger partial charge in [-0.1, -0.05) is 37.5 Å². The molecule has 0 bridgehead atoms. The average Bonchev–Trinajstić information content (AvgIpc) is 2.91. The van der Waals surface area contributed by atoms with Crippen molar-refractivity contribution in [3.8, 4) is 0 Å². The quantitative estimate of drug-likeness (QED) is 0.602. The number of nitrogens with zero attached hydrogens (tertiary/aromatic N) is 1. The molecule has 2 aliphatic rings. The van der Waals surface area contributed by atoms with Gasteiger partial charge in [0.1, 0.15) is 0 Å². The van der Waals surface area contributed by atoms with Crippen molar-refractivity contribution in [1.82, 2.24) is 4.90 Å². The van der Waals surface area contributed by atoms with Crippen LogP contribution in [0.25, 0.3) is 0 Å². The zero-order chi connectivity index (χ0) is 18.5. The number of hydrogen-bond donors (Lipinski definition) is 1. The number of ketones is 1. The van der Waals surface area contributed by atoms with Crippen molar-refractivity contribution in [2.45, 2.75) is 51.0 Å². The van der Waals surface area contributed by atoms with Gasteiger partial charge >= 0.3 is 0 Å². The minimum Gasteiger partial charge on any atom is -0.393 e. The van der Waals surface area contributed by atoms with Crippen LogP contribution >= 0.6 is 0 Å². The van der Waals surface area contributed by atoms with E-state index in [9.17, 15) is 19.5 Å². The van der Waals surface area contributed by atoms with Crippen LogP contribution in [0.3, 0.4) is 0 Å². The third kappa shape index (κ3) is 4.10. The van der Waals surface area contributed by atoms with Gasteiger partial charge in [-0.05, 0) is 43.9 Å². The number of carbonyl (C=O) groups excluding carboxylic acids is 3. The Morgan fingerprint density at radius 2 is 1.73 bits per heavy atom. The summed E-state index contributed by atoms with van der Waals surface area (Å²) in [6.45, 7) is 0.178. The molecule has 0 unspecified atom stereocenters. The molecular weight excluding hydrogens is 330 g/mol. The first-order valence-corrected chi connectivity index (χ1v) is 9.41. The van der Waals surface area contributed by atoms with E-state index in [0.717, 1.165) is 25.7 Å². The van der Waals surface area contributed by atoms with Crippen molar-refractivity contribution < 1.29 is 19.5 Å². The van der Waals surface area contributed by atoms with Crippen molar-refractivity contribution in [3.63, 3.8) is 0 Å². The molecule has 1 saturated carbocycles. The van der Waals surface area contributed by atoms with Gasteiger partial charge in [-0.25, -0.2) is 0 Å². The maximum absolute atomic E-state index is 12.3. The number of hydrogen-bond acceptors (Lipinski definition) is 4. The second kappa shape index (κ2) is 8.41. The fraction of sp³-hybridized carbons (Fsp3) is 0.476. The molecule has 1 aromatic rings. The molecule has 0 aromatic heterocycles. The molecule has 0 radical (unpaired) electrons. The minimum absolute atomic E-state index is 0.135. The molecule has 26 heavy (non-hydrogen) atoms. The third-order valence-corrected chi connectivity index (χ3v) is 5.26. The summed E-state index contributed by atoms with van der Waals surface area (Å²) in [4.78, 5) is 37.8. The molecule has 5 nitrogen and oxygen atoms in total.